The summed E-state index contributed by atoms with van der Waals surface area (Å²) in [5.74, 6) is -0.538. The van der Waals surface area contributed by atoms with E-state index in [2.05, 4.69) is 15.6 Å². The van der Waals surface area contributed by atoms with Crippen LogP contribution in [0.15, 0.2) is 34.2 Å². The Hall–Kier alpha value is -1.47. The Bertz CT molecular complexity index is 531. The first kappa shape index (κ1) is 14.0. The highest BCUT2D eigenvalue weighted by atomic mass is 32.2. The Morgan fingerprint density at radius 2 is 2.11 bits per heavy atom. The van der Waals surface area contributed by atoms with Crippen LogP contribution >= 0.6 is 23.5 Å². The van der Waals surface area contributed by atoms with Crippen LogP contribution in [0.25, 0.3) is 0 Å². The number of hydrogen-bond acceptors (Lipinski definition) is 5. The summed E-state index contributed by atoms with van der Waals surface area (Å²) in [7, 11) is 0. The van der Waals surface area contributed by atoms with Crippen molar-refractivity contribution in [2.75, 3.05) is 23.9 Å². The van der Waals surface area contributed by atoms with Gasteiger partial charge >= 0.3 is 11.8 Å². The van der Waals surface area contributed by atoms with E-state index < -0.39 is 11.8 Å². The number of rotatable bonds is 2. The Kier molecular flexibility index (Phi) is 4.86. The van der Waals surface area contributed by atoms with E-state index in [4.69, 9.17) is 0 Å². The smallest absolute Gasteiger partial charge is 0.315 e. The van der Waals surface area contributed by atoms with Gasteiger partial charge in [0.25, 0.3) is 0 Å². The molecule has 0 spiro atoms. The molecule has 0 aromatic heterocycles. The number of hydrogen-bond donors (Lipinski definition) is 2. The van der Waals surface area contributed by atoms with Crippen LogP contribution in [-0.2, 0) is 9.59 Å². The first-order chi connectivity index (χ1) is 9.19. The number of nitrogens with one attached hydrogen (secondary N) is 2. The molecule has 1 heterocycles. The quantitative estimate of drug-likeness (QED) is 0.642. The molecule has 1 aromatic carbocycles. The lowest BCUT2D eigenvalue weighted by atomic mass is 10.3. The molecule has 0 atom stereocenters. The van der Waals surface area contributed by atoms with Crippen LogP contribution in [0.3, 0.4) is 0 Å². The fourth-order valence-corrected chi connectivity index (χ4v) is 2.64. The maximum atomic E-state index is 11.7. The Labute approximate surface area is 119 Å². The molecule has 19 heavy (non-hydrogen) atoms. The van der Waals surface area contributed by atoms with Gasteiger partial charge < -0.3 is 5.32 Å². The molecule has 1 aromatic rings. The van der Waals surface area contributed by atoms with Crippen molar-refractivity contribution in [3.63, 3.8) is 0 Å². The number of amidine groups is 1. The fraction of sp³-hybridized carbons (Fsp3) is 0.250. The molecule has 2 N–H and O–H groups in total. The molecule has 0 aliphatic carbocycles. The minimum absolute atomic E-state index is 0.512. The van der Waals surface area contributed by atoms with Crippen LogP contribution in [0.1, 0.15) is 0 Å². The van der Waals surface area contributed by atoms with E-state index in [1.165, 1.54) is 11.8 Å². The normalized spacial score (nSPS) is 13.8. The van der Waals surface area contributed by atoms with E-state index in [9.17, 15) is 9.59 Å². The zero-order valence-electron chi connectivity index (χ0n) is 10.3. The maximum Gasteiger partial charge on any atom is 0.315 e. The van der Waals surface area contributed by atoms with E-state index in [0.29, 0.717) is 17.4 Å². The number of anilines is 1. The highest BCUT2D eigenvalue weighted by molar-refractivity contribution is 8.14. The molecule has 2 rings (SSSR count). The molecule has 5 nitrogen and oxygen atoms in total. The van der Waals surface area contributed by atoms with Crippen LogP contribution in [0, 0.1) is 0 Å². The summed E-state index contributed by atoms with van der Waals surface area (Å²) in [6.07, 6.45) is 1.95. The summed E-state index contributed by atoms with van der Waals surface area (Å²) in [6, 6.07) is 7.32. The number of thioether (sulfide) groups is 2. The zero-order valence-corrected chi connectivity index (χ0v) is 11.9. The van der Waals surface area contributed by atoms with Crippen LogP contribution in [-0.4, -0.2) is 35.5 Å². The highest BCUT2D eigenvalue weighted by Crippen LogP contribution is 2.18. The van der Waals surface area contributed by atoms with Gasteiger partial charge in [0.1, 0.15) is 0 Å². The summed E-state index contributed by atoms with van der Waals surface area (Å²) in [5, 5.41) is 5.56. The summed E-state index contributed by atoms with van der Waals surface area (Å²) in [5.41, 5.74) is 0.605. The Morgan fingerprint density at radius 3 is 2.79 bits per heavy atom. The summed E-state index contributed by atoms with van der Waals surface area (Å²) < 4.78 is 0. The van der Waals surface area contributed by atoms with Crippen LogP contribution in [0.2, 0.25) is 0 Å². The van der Waals surface area contributed by atoms with Crippen molar-refractivity contribution in [1.29, 1.82) is 0 Å². The molecule has 1 aliphatic rings. The first-order valence-corrected chi connectivity index (χ1v) is 7.83. The lowest BCUT2D eigenvalue weighted by Gasteiger charge is -2.06. The predicted octanol–water partition coefficient (Wildman–Crippen LogP) is 1.57. The van der Waals surface area contributed by atoms with Crippen molar-refractivity contribution in [1.82, 2.24) is 5.32 Å². The number of benzene rings is 1. The fourth-order valence-electron chi connectivity index (χ4n) is 1.45. The van der Waals surface area contributed by atoms with Crippen LogP contribution in [0.5, 0.6) is 0 Å². The highest BCUT2D eigenvalue weighted by Gasteiger charge is 2.17. The van der Waals surface area contributed by atoms with Crippen molar-refractivity contribution >= 4 is 46.2 Å². The van der Waals surface area contributed by atoms with Crippen molar-refractivity contribution in [2.24, 2.45) is 4.99 Å². The molecule has 0 saturated heterocycles. The molecule has 1 aliphatic heterocycles. The number of carbonyl (C=O) groups excluding carboxylic acids is 2. The van der Waals surface area contributed by atoms with Gasteiger partial charge in [0.2, 0.25) is 0 Å². The van der Waals surface area contributed by atoms with Gasteiger partial charge in [-0.25, -0.2) is 0 Å². The van der Waals surface area contributed by atoms with Crippen molar-refractivity contribution < 1.29 is 9.59 Å². The molecule has 0 unspecified atom stereocenters. The summed E-state index contributed by atoms with van der Waals surface area (Å²) in [4.78, 5) is 28.4. The van der Waals surface area contributed by atoms with Gasteiger partial charge in [0.15, 0.2) is 5.17 Å². The Morgan fingerprint density at radius 1 is 1.32 bits per heavy atom. The largest absolute Gasteiger partial charge is 0.318 e. The number of aliphatic imine (C=N–C) groups is 1. The SMILES string of the molecule is CSc1cccc(NC(=O)C(=O)NC2=NCCS2)c1. The standard InChI is InChI=1S/C12H13N3O2S2/c1-18-9-4-2-3-8(7-9)14-10(16)11(17)15-12-13-5-6-19-12/h2-4,7H,5-6H2,1H3,(H,14,16)(H,13,15,17). The second-order valence-corrected chi connectivity index (χ2v) is 5.64. The molecular weight excluding hydrogens is 282 g/mol. The molecule has 0 radical (unpaired) electrons. The van der Waals surface area contributed by atoms with Crippen LogP contribution < -0.4 is 10.6 Å². The van der Waals surface area contributed by atoms with Gasteiger partial charge in [-0.05, 0) is 24.5 Å². The van der Waals surface area contributed by atoms with Gasteiger partial charge in [-0.2, -0.15) is 0 Å². The molecule has 100 valence electrons. The monoisotopic (exact) mass is 295 g/mol. The third-order valence-corrected chi connectivity index (χ3v) is 3.96. The lowest BCUT2D eigenvalue weighted by Crippen LogP contribution is -2.37. The molecule has 2 amide bonds. The molecular formula is C12H13N3O2S2. The number of nitrogens with zero attached hydrogens (tertiary/aromatic N) is 1. The molecule has 7 heteroatoms. The third kappa shape index (κ3) is 4.00. The van der Waals surface area contributed by atoms with Crippen molar-refractivity contribution in [2.45, 2.75) is 4.90 Å². The van der Waals surface area contributed by atoms with Crippen molar-refractivity contribution in [3.8, 4) is 0 Å². The van der Waals surface area contributed by atoms with Gasteiger partial charge in [-0.3, -0.25) is 19.9 Å². The van der Waals surface area contributed by atoms with Gasteiger partial charge in [0.05, 0.1) is 6.54 Å². The van der Waals surface area contributed by atoms with E-state index in [0.717, 1.165) is 10.6 Å². The van der Waals surface area contributed by atoms with E-state index in [1.807, 2.05) is 24.5 Å². The maximum absolute atomic E-state index is 11.7. The zero-order chi connectivity index (χ0) is 13.7. The van der Waals surface area contributed by atoms with Crippen LogP contribution in [0.4, 0.5) is 5.69 Å². The minimum Gasteiger partial charge on any atom is -0.318 e. The van der Waals surface area contributed by atoms with Gasteiger partial charge in [-0.15, -0.1) is 11.8 Å². The molecule has 0 fully saturated rings. The second kappa shape index (κ2) is 6.63. The average molecular weight is 295 g/mol. The van der Waals surface area contributed by atoms with Gasteiger partial charge in [0, 0.05) is 16.3 Å². The van der Waals surface area contributed by atoms with E-state index in [-0.39, 0.29) is 0 Å². The number of carbonyl (C=O) groups is 2. The van der Waals surface area contributed by atoms with Gasteiger partial charge in [-0.1, -0.05) is 17.8 Å². The first-order valence-electron chi connectivity index (χ1n) is 5.62. The average Bonchev–Trinajstić information content (AvgIpc) is 2.91. The number of amides is 2. The minimum atomic E-state index is -0.692. The van der Waals surface area contributed by atoms with E-state index in [1.54, 1.807) is 17.8 Å². The third-order valence-electron chi connectivity index (χ3n) is 2.34. The lowest BCUT2D eigenvalue weighted by molar-refractivity contribution is -0.135. The van der Waals surface area contributed by atoms with E-state index >= 15 is 0 Å². The molecule has 0 saturated carbocycles. The van der Waals surface area contributed by atoms with Crippen molar-refractivity contribution in [3.05, 3.63) is 24.3 Å². The topological polar surface area (TPSA) is 70.6 Å². The summed E-state index contributed by atoms with van der Waals surface area (Å²) >= 11 is 3.01. The molecule has 0 bridgehead atoms. The Balaban J connectivity index is 1.94. The summed E-state index contributed by atoms with van der Waals surface area (Å²) in [6.45, 7) is 0.678. The predicted molar refractivity (Wildman–Crippen MR) is 79.8 cm³/mol. The second-order valence-electron chi connectivity index (χ2n) is 3.68.